The fraction of sp³-hybridized carbons (Fsp3) is 0.478. The number of cyclic esters (lactones) is 1. The summed E-state index contributed by atoms with van der Waals surface area (Å²) in [6.45, 7) is 7.59. The number of ketones is 1. The molecule has 1 unspecified atom stereocenters. The number of halogens is 1. The lowest BCUT2D eigenvalue weighted by molar-refractivity contribution is -0.136. The number of carbonyl (C=O) groups excluding carboxylic acids is 2. The molecule has 0 bridgehead atoms. The molecule has 1 aromatic carbocycles. The van der Waals surface area contributed by atoms with E-state index >= 15 is 0 Å². The van der Waals surface area contributed by atoms with Gasteiger partial charge < -0.3 is 9.64 Å². The first-order valence-corrected chi connectivity index (χ1v) is 10.8. The van der Waals surface area contributed by atoms with Crippen LogP contribution in [0.3, 0.4) is 0 Å². The van der Waals surface area contributed by atoms with Crippen LogP contribution in [0.2, 0.25) is 0 Å². The summed E-state index contributed by atoms with van der Waals surface area (Å²) >= 11 is 3.48. The Labute approximate surface area is 174 Å². The maximum atomic E-state index is 13.3. The molecule has 3 aliphatic rings. The summed E-state index contributed by atoms with van der Waals surface area (Å²) in [5.41, 5.74) is 4.41. The van der Waals surface area contributed by atoms with Gasteiger partial charge in [-0.3, -0.25) is 4.79 Å². The quantitative estimate of drug-likeness (QED) is 0.607. The van der Waals surface area contributed by atoms with E-state index in [4.69, 9.17) is 4.74 Å². The summed E-state index contributed by atoms with van der Waals surface area (Å²) in [4.78, 5) is 28.3. The molecule has 4 rings (SSSR count). The van der Waals surface area contributed by atoms with Crippen molar-refractivity contribution >= 4 is 27.7 Å². The summed E-state index contributed by atoms with van der Waals surface area (Å²) in [7, 11) is 0. The third-order valence-corrected chi connectivity index (χ3v) is 6.46. The van der Waals surface area contributed by atoms with Gasteiger partial charge in [0.2, 0.25) is 0 Å². The molecule has 0 aromatic heterocycles. The molecule has 1 aliphatic carbocycles. The third-order valence-electron chi connectivity index (χ3n) is 5.93. The number of carbonyl (C=O) groups is 2. The second-order valence-corrected chi connectivity index (χ2v) is 9.64. The number of allylic oxidation sites excluding steroid dienone is 2. The zero-order valence-corrected chi connectivity index (χ0v) is 18.3. The third kappa shape index (κ3) is 3.24. The molecular formula is C23H26BrNO3. The molecule has 0 fully saturated rings. The van der Waals surface area contributed by atoms with E-state index in [1.165, 1.54) is 0 Å². The van der Waals surface area contributed by atoms with Crippen molar-refractivity contribution in [1.29, 1.82) is 0 Å². The molecule has 28 heavy (non-hydrogen) atoms. The van der Waals surface area contributed by atoms with Gasteiger partial charge >= 0.3 is 5.97 Å². The summed E-state index contributed by atoms with van der Waals surface area (Å²) in [5, 5.41) is 0. The van der Waals surface area contributed by atoms with Crippen molar-refractivity contribution in [2.24, 2.45) is 5.41 Å². The SMILES string of the molecule is CCCCN1C2=C(C(=O)CC(C)(C)C2)C(c2ccc(Br)cc2)C2=C1COC2=O. The second kappa shape index (κ2) is 7.18. The Morgan fingerprint density at radius 1 is 1.11 bits per heavy atom. The van der Waals surface area contributed by atoms with Crippen LogP contribution in [0.4, 0.5) is 0 Å². The van der Waals surface area contributed by atoms with Gasteiger partial charge in [0.25, 0.3) is 0 Å². The van der Waals surface area contributed by atoms with E-state index < -0.39 is 0 Å². The minimum Gasteiger partial charge on any atom is -0.456 e. The molecule has 2 heterocycles. The number of hydrogen-bond acceptors (Lipinski definition) is 4. The van der Waals surface area contributed by atoms with Crippen LogP contribution in [0.25, 0.3) is 0 Å². The first kappa shape index (κ1) is 19.4. The van der Waals surface area contributed by atoms with Crippen molar-refractivity contribution in [3.8, 4) is 0 Å². The van der Waals surface area contributed by atoms with E-state index in [0.29, 0.717) is 18.6 Å². The summed E-state index contributed by atoms with van der Waals surface area (Å²) in [6.07, 6.45) is 3.43. The van der Waals surface area contributed by atoms with Gasteiger partial charge in [-0.15, -0.1) is 0 Å². The van der Waals surface area contributed by atoms with E-state index in [9.17, 15) is 9.59 Å². The molecule has 2 aliphatic heterocycles. The Bertz CT molecular complexity index is 895. The van der Waals surface area contributed by atoms with Crippen LogP contribution >= 0.6 is 15.9 Å². The van der Waals surface area contributed by atoms with E-state index in [2.05, 4.69) is 41.6 Å². The number of benzene rings is 1. The molecule has 0 spiro atoms. The van der Waals surface area contributed by atoms with Gasteiger partial charge in [0.05, 0.1) is 11.3 Å². The fourth-order valence-electron chi connectivity index (χ4n) is 4.67. The number of nitrogens with zero attached hydrogens (tertiary/aromatic N) is 1. The number of unbranched alkanes of at least 4 members (excludes halogenated alkanes) is 1. The van der Waals surface area contributed by atoms with Crippen LogP contribution in [-0.2, 0) is 14.3 Å². The monoisotopic (exact) mass is 443 g/mol. The number of Topliss-reactive ketones (excluding diaryl/α,β-unsaturated/α-hetero) is 1. The highest BCUT2D eigenvalue weighted by molar-refractivity contribution is 9.10. The molecule has 0 radical (unpaired) electrons. The van der Waals surface area contributed by atoms with Gasteiger partial charge in [-0.1, -0.05) is 55.3 Å². The molecule has 1 aromatic rings. The van der Waals surface area contributed by atoms with Gasteiger partial charge in [0.1, 0.15) is 6.61 Å². The molecule has 148 valence electrons. The topological polar surface area (TPSA) is 46.6 Å². The van der Waals surface area contributed by atoms with Gasteiger partial charge in [-0.2, -0.15) is 0 Å². The first-order valence-electron chi connectivity index (χ1n) is 10.0. The van der Waals surface area contributed by atoms with Crippen LogP contribution in [0.15, 0.2) is 51.3 Å². The molecule has 0 N–H and O–H groups in total. The lowest BCUT2D eigenvalue weighted by Crippen LogP contribution is -2.40. The van der Waals surface area contributed by atoms with Crippen LogP contribution in [-0.4, -0.2) is 29.8 Å². The number of hydrogen-bond donors (Lipinski definition) is 0. The van der Waals surface area contributed by atoms with Crippen molar-refractivity contribution in [2.75, 3.05) is 13.2 Å². The van der Waals surface area contributed by atoms with E-state index in [0.717, 1.165) is 52.8 Å². The lowest BCUT2D eigenvalue weighted by atomic mass is 9.68. The van der Waals surface area contributed by atoms with Crippen molar-refractivity contribution < 1.29 is 14.3 Å². The summed E-state index contributed by atoms with van der Waals surface area (Å²) in [5.74, 6) is -0.449. The average Bonchev–Trinajstić information content (AvgIpc) is 3.01. The predicted octanol–water partition coefficient (Wildman–Crippen LogP) is 5.10. The van der Waals surface area contributed by atoms with Crippen LogP contribution in [0, 0.1) is 5.41 Å². The molecule has 0 amide bonds. The smallest absolute Gasteiger partial charge is 0.337 e. The zero-order chi connectivity index (χ0) is 20.1. The van der Waals surface area contributed by atoms with Crippen molar-refractivity contribution in [2.45, 2.75) is 52.4 Å². The van der Waals surface area contributed by atoms with E-state index in [-0.39, 0.29) is 23.1 Å². The molecule has 1 atom stereocenters. The predicted molar refractivity (Wildman–Crippen MR) is 112 cm³/mol. The van der Waals surface area contributed by atoms with E-state index in [1.807, 2.05) is 24.3 Å². The minimum absolute atomic E-state index is 0.0772. The van der Waals surface area contributed by atoms with Crippen LogP contribution in [0.1, 0.15) is 57.9 Å². The second-order valence-electron chi connectivity index (χ2n) is 8.73. The van der Waals surface area contributed by atoms with Crippen molar-refractivity contribution in [3.05, 3.63) is 56.8 Å². The highest BCUT2D eigenvalue weighted by Gasteiger charge is 2.48. The largest absolute Gasteiger partial charge is 0.456 e. The average molecular weight is 444 g/mol. The Morgan fingerprint density at radius 2 is 1.82 bits per heavy atom. The fourth-order valence-corrected chi connectivity index (χ4v) is 4.93. The zero-order valence-electron chi connectivity index (χ0n) is 16.7. The van der Waals surface area contributed by atoms with Gasteiger partial charge in [0.15, 0.2) is 5.78 Å². The normalized spacial score (nSPS) is 23.7. The highest BCUT2D eigenvalue weighted by Crippen LogP contribution is 2.51. The van der Waals surface area contributed by atoms with Crippen molar-refractivity contribution in [3.63, 3.8) is 0 Å². The first-order chi connectivity index (χ1) is 13.3. The number of ether oxygens (including phenoxy) is 1. The summed E-state index contributed by atoms with van der Waals surface area (Å²) in [6, 6.07) is 7.95. The maximum absolute atomic E-state index is 13.3. The van der Waals surface area contributed by atoms with Crippen LogP contribution < -0.4 is 0 Å². The Morgan fingerprint density at radius 3 is 2.50 bits per heavy atom. The van der Waals surface area contributed by atoms with Gasteiger partial charge in [0, 0.05) is 34.6 Å². The molecule has 0 saturated carbocycles. The standard InChI is InChI=1S/C23H26BrNO3/c1-4-5-10-25-16-11-23(2,3)12-18(26)20(16)19(14-6-8-15(24)9-7-14)21-17(25)13-28-22(21)27/h6-9,19H,4-5,10-13H2,1-3H3. The lowest BCUT2D eigenvalue weighted by Gasteiger charge is -2.43. The molecule has 0 saturated heterocycles. The highest BCUT2D eigenvalue weighted by atomic mass is 79.9. The Kier molecular flexibility index (Phi) is 4.98. The van der Waals surface area contributed by atoms with Gasteiger partial charge in [-0.25, -0.2) is 4.79 Å². The minimum atomic E-state index is -0.324. The maximum Gasteiger partial charge on any atom is 0.337 e. The van der Waals surface area contributed by atoms with E-state index in [1.54, 1.807) is 0 Å². The summed E-state index contributed by atoms with van der Waals surface area (Å²) < 4.78 is 6.45. The van der Waals surface area contributed by atoms with Crippen molar-refractivity contribution in [1.82, 2.24) is 4.90 Å². The molecule has 5 heteroatoms. The Hall–Kier alpha value is -1.88. The number of rotatable bonds is 4. The van der Waals surface area contributed by atoms with Gasteiger partial charge in [-0.05, 0) is 36.0 Å². The number of esters is 1. The molecular weight excluding hydrogens is 418 g/mol. The van der Waals surface area contributed by atoms with Crippen LogP contribution in [0.5, 0.6) is 0 Å². The molecule has 4 nitrogen and oxygen atoms in total. The Balaban J connectivity index is 1.91.